The van der Waals surface area contributed by atoms with Crippen LogP contribution < -0.4 is 15.7 Å². The first-order chi connectivity index (χ1) is 20.3. The summed E-state index contributed by atoms with van der Waals surface area (Å²) >= 11 is 3.16. The zero-order valence-corrected chi connectivity index (χ0v) is 23.8. The van der Waals surface area contributed by atoms with E-state index in [0.717, 1.165) is 16.5 Å². The van der Waals surface area contributed by atoms with Gasteiger partial charge < -0.3 is 33.9 Å². The Morgan fingerprint density at radius 3 is 2.55 bits per heavy atom. The number of aromatic amines is 2. The molecule has 3 heterocycles. The van der Waals surface area contributed by atoms with E-state index in [-0.39, 0.29) is 28.6 Å². The summed E-state index contributed by atoms with van der Waals surface area (Å²) in [5, 5.41) is 3.94. The lowest BCUT2D eigenvalue weighted by atomic mass is 10.1. The van der Waals surface area contributed by atoms with E-state index in [1.807, 2.05) is 24.3 Å². The number of ether oxygens (including phenoxy) is 3. The Balaban J connectivity index is 1.32. The van der Waals surface area contributed by atoms with Gasteiger partial charge in [0, 0.05) is 41.8 Å². The number of halogens is 1. The van der Waals surface area contributed by atoms with Crippen LogP contribution in [0.3, 0.4) is 0 Å². The first-order valence-electron chi connectivity index (χ1n) is 12.8. The van der Waals surface area contributed by atoms with E-state index >= 15 is 0 Å². The number of para-hydroxylation sites is 2. The molecule has 0 saturated carbocycles. The van der Waals surface area contributed by atoms with Crippen molar-refractivity contribution in [3.05, 3.63) is 93.4 Å². The van der Waals surface area contributed by atoms with Crippen molar-refractivity contribution < 1.29 is 33.0 Å². The van der Waals surface area contributed by atoms with E-state index in [9.17, 15) is 19.2 Å². The maximum atomic E-state index is 13.4. The number of esters is 2. The molecular formula is C29H25BrN4O8. The van der Waals surface area contributed by atoms with E-state index in [2.05, 4.69) is 36.2 Å². The van der Waals surface area contributed by atoms with Crippen molar-refractivity contribution in [3.8, 4) is 5.75 Å². The summed E-state index contributed by atoms with van der Waals surface area (Å²) in [6, 6.07) is 13.0. The second-order valence-corrected chi connectivity index (χ2v) is 10.0. The van der Waals surface area contributed by atoms with Crippen LogP contribution in [0, 0.1) is 0 Å². The molecule has 2 atom stereocenters. The molecule has 13 heteroatoms. The Morgan fingerprint density at radius 1 is 1.02 bits per heavy atom. The molecule has 3 N–H and O–H groups in total. The van der Waals surface area contributed by atoms with Crippen molar-refractivity contribution in [1.82, 2.24) is 20.3 Å². The summed E-state index contributed by atoms with van der Waals surface area (Å²) in [4.78, 5) is 61.2. The van der Waals surface area contributed by atoms with Gasteiger partial charge in [0.2, 0.25) is 6.10 Å². The highest BCUT2D eigenvalue weighted by atomic mass is 79.9. The molecule has 1 amide bonds. The van der Waals surface area contributed by atoms with Crippen LogP contribution in [0.4, 0.5) is 0 Å². The van der Waals surface area contributed by atoms with Crippen molar-refractivity contribution >= 4 is 55.6 Å². The number of hydrogen-bond donors (Lipinski definition) is 3. The first-order valence-corrected chi connectivity index (χ1v) is 13.6. The van der Waals surface area contributed by atoms with Crippen LogP contribution in [0.2, 0.25) is 0 Å². The average molecular weight is 637 g/mol. The van der Waals surface area contributed by atoms with Gasteiger partial charge in [0.05, 0.1) is 18.8 Å². The lowest BCUT2D eigenvalue weighted by Crippen LogP contribution is -2.47. The van der Waals surface area contributed by atoms with Gasteiger partial charge >= 0.3 is 17.6 Å². The lowest BCUT2D eigenvalue weighted by Gasteiger charge is -2.21. The highest BCUT2D eigenvalue weighted by Gasteiger charge is 2.31. The van der Waals surface area contributed by atoms with Crippen LogP contribution in [0.15, 0.2) is 80.9 Å². The number of hydrogen-bond acceptors (Lipinski definition) is 9. The summed E-state index contributed by atoms with van der Waals surface area (Å²) in [5.41, 5.74) is 1.77. The molecule has 0 bridgehead atoms. The van der Waals surface area contributed by atoms with Crippen molar-refractivity contribution in [2.75, 3.05) is 13.7 Å². The van der Waals surface area contributed by atoms with E-state index in [1.165, 1.54) is 19.6 Å². The van der Waals surface area contributed by atoms with E-state index in [1.54, 1.807) is 30.5 Å². The fourth-order valence-corrected chi connectivity index (χ4v) is 4.86. The average Bonchev–Trinajstić information content (AvgIpc) is 3.66. The molecule has 2 aromatic carbocycles. The Bertz CT molecular complexity index is 1800. The van der Waals surface area contributed by atoms with Crippen molar-refractivity contribution in [1.29, 1.82) is 0 Å². The lowest BCUT2D eigenvalue weighted by molar-refractivity contribution is -0.167. The number of imidazole rings is 1. The van der Waals surface area contributed by atoms with Gasteiger partial charge in [-0.25, -0.2) is 19.4 Å². The van der Waals surface area contributed by atoms with Crippen LogP contribution in [0.1, 0.15) is 11.3 Å². The predicted octanol–water partition coefficient (Wildman–Crippen LogP) is 3.19. The number of rotatable bonds is 11. The second-order valence-electron chi connectivity index (χ2n) is 9.23. The SMILES string of the molecule is COC(=O)[C@H](Cc1c[nH]c2ccccc12)OC(=O)[C@H](Cc1cnc[nH]1)NC(=O)COc1c(Br)c(=O)oc2ccccc12. The fraction of sp³-hybridized carbons (Fsp3) is 0.207. The van der Waals surface area contributed by atoms with Crippen molar-refractivity contribution in [3.63, 3.8) is 0 Å². The van der Waals surface area contributed by atoms with Crippen LogP contribution in [0.25, 0.3) is 21.9 Å². The number of methoxy groups -OCH3 is 1. The molecule has 0 aliphatic heterocycles. The molecule has 0 unspecified atom stereocenters. The van der Waals surface area contributed by atoms with Gasteiger partial charge in [0.1, 0.15) is 16.1 Å². The van der Waals surface area contributed by atoms with Crippen LogP contribution in [-0.2, 0) is 36.7 Å². The maximum absolute atomic E-state index is 13.4. The quantitative estimate of drug-likeness (QED) is 0.146. The summed E-state index contributed by atoms with van der Waals surface area (Å²) in [7, 11) is 1.20. The highest BCUT2D eigenvalue weighted by Crippen LogP contribution is 2.30. The molecule has 5 aromatic rings. The summed E-state index contributed by atoms with van der Waals surface area (Å²) in [6.45, 7) is -0.533. The van der Waals surface area contributed by atoms with Crippen LogP contribution >= 0.6 is 15.9 Å². The number of fused-ring (bicyclic) bond motifs is 2. The Kier molecular flexibility index (Phi) is 8.67. The molecule has 0 fully saturated rings. The maximum Gasteiger partial charge on any atom is 0.354 e. The smallest absolute Gasteiger partial charge is 0.354 e. The minimum Gasteiger partial charge on any atom is -0.482 e. The molecule has 3 aromatic heterocycles. The third-order valence-electron chi connectivity index (χ3n) is 6.46. The van der Waals surface area contributed by atoms with Gasteiger partial charge in [-0.3, -0.25) is 4.79 Å². The van der Waals surface area contributed by atoms with Gasteiger partial charge in [0.25, 0.3) is 5.91 Å². The molecule has 42 heavy (non-hydrogen) atoms. The summed E-state index contributed by atoms with van der Waals surface area (Å²) < 4.78 is 21.4. The molecule has 0 radical (unpaired) electrons. The number of carbonyl (C=O) groups excluding carboxylic acids is 3. The van der Waals surface area contributed by atoms with Crippen molar-refractivity contribution in [2.24, 2.45) is 0 Å². The molecule has 0 aliphatic carbocycles. The largest absolute Gasteiger partial charge is 0.482 e. The molecule has 12 nitrogen and oxygen atoms in total. The zero-order valence-electron chi connectivity index (χ0n) is 22.2. The van der Waals surface area contributed by atoms with Gasteiger partial charge in [-0.15, -0.1) is 0 Å². The number of aromatic nitrogens is 3. The summed E-state index contributed by atoms with van der Waals surface area (Å²) in [6.07, 6.45) is 3.44. The third-order valence-corrected chi connectivity index (χ3v) is 7.15. The second kappa shape index (κ2) is 12.7. The first kappa shape index (κ1) is 28.6. The minimum atomic E-state index is -1.27. The number of benzene rings is 2. The fourth-order valence-electron chi connectivity index (χ4n) is 4.45. The Hall–Kier alpha value is -4.91. The highest BCUT2D eigenvalue weighted by molar-refractivity contribution is 9.10. The van der Waals surface area contributed by atoms with Gasteiger partial charge in [0.15, 0.2) is 12.4 Å². The van der Waals surface area contributed by atoms with E-state index in [0.29, 0.717) is 11.1 Å². The molecule has 0 aliphatic rings. The van der Waals surface area contributed by atoms with Gasteiger partial charge in [-0.2, -0.15) is 0 Å². The van der Waals surface area contributed by atoms with Gasteiger partial charge in [-0.05, 0) is 39.7 Å². The number of amides is 1. The van der Waals surface area contributed by atoms with Gasteiger partial charge in [-0.1, -0.05) is 30.3 Å². The summed E-state index contributed by atoms with van der Waals surface area (Å²) in [5.74, 6) is -2.16. The number of nitrogens with zero attached hydrogens (tertiary/aromatic N) is 1. The Labute approximate surface area is 246 Å². The zero-order chi connectivity index (χ0) is 29.6. The molecule has 0 saturated heterocycles. The van der Waals surface area contributed by atoms with Crippen LogP contribution in [0.5, 0.6) is 5.75 Å². The molecular weight excluding hydrogens is 612 g/mol. The topological polar surface area (TPSA) is 166 Å². The monoisotopic (exact) mass is 636 g/mol. The Morgan fingerprint density at radius 2 is 1.79 bits per heavy atom. The molecule has 216 valence electrons. The van der Waals surface area contributed by atoms with E-state index < -0.39 is 42.2 Å². The molecule has 5 rings (SSSR count). The number of carbonyl (C=O) groups is 3. The van der Waals surface area contributed by atoms with E-state index in [4.69, 9.17) is 18.6 Å². The van der Waals surface area contributed by atoms with Crippen LogP contribution in [-0.4, -0.2) is 58.7 Å². The standard InChI is InChI=1S/C29H25BrN4O8/c1-39-28(37)23(10-16-12-32-20-8-4-2-6-18(16)20)42-27(36)21(11-17-13-31-15-33-17)34-24(35)14-40-26-19-7-3-5-9-22(19)41-29(38)25(26)30/h2-9,12-13,15,21,23,32H,10-11,14H2,1H3,(H,31,33)(H,34,35)/t21-,23-/m0/s1. The normalized spacial score (nSPS) is 12.5. The number of H-pyrrole nitrogens is 2. The minimum absolute atomic E-state index is 0.00684. The third kappa shape index (κ3) is 6.36. The molecule has 0 spiro atoms. The predicted molar refractivity (Wildman–Crippen MR) is 154 cm³/mol. The number of nitrogens with one attached hydrogen (secondary N) is 3. The van der Waals surface area contributed by atoms with Crippen molar-refractivity contribution in [2.45, 2.75) is 25.0 Å².